The lowest BCUT2D eigenvalue weighted by molar-refractivity contribution is -0.119. The summed E-state index contributed by atoms with van der Waals surface area (Å²) in [4.78, 5) is 12.9. The number of rotatable bonds is 4. The third-order valence-corrected chi connectivity index (χ3v) is 6.17. The van der Waals surface area contributed by atoms with Crippen molar-refractivity contribution in [2.24, 2.45) is 0 Å². The zero-order valence-corrected chi connectivity index (χ0v) is 14.3. The molecule has 3 aromatic rings. The van der Waals surface area contributed by atoms with E-state index in [1.807, 2.05) is 30.3 Å². The maximum Gasteiger partial charge on any atom is 0.259 e. The Morgan fingerprint density at radius 1 is 1.00 bits per heavy atom. The second-order valence-electron chi connectivity index (χ2n) is 5.58. The molecule has 3 rings (SSSR count). The standard InChI is InChI=1S/C18H18N2O3S/c1-14(24(22,23)16-9-4-3-5-10-16)18(21)19(2)20-13-12-15-8-6-7-11-17(15)20/h3-14H,1-2H3. The molecular formula is C18H18N2O3S. The maximum atomic E-state index is 12.7. The molecular weight excluding hydrogens is 324 g/mol. The molecule has 5 nitrogen and oxygen atoms in total. The van der Waals surface area contributed by atoms with Gasteiger partial charge in [-0.15, -0.1) is 0 Å². The molecule has 0 fully saturated rings. The molecule has 0 aliphatic rings. The summed E-state index contributed by atoms with van der Waals surface area (Å²) in [5, 5.41) is 1.15. The van der Waals surface area contributed by atoms with Crippen molar-refractivity contribution in [1.82, 2.24) is 4.68 Å². The number of benzene rings is 2. The van der Waals surface area contributed by atoms with E-state index in [4.69, 9.17) is 0 Å². The highest BCUT2D eigenvalue weighted by Crippen LogP contribution is 2.19. The Morgan fingerprint density at radius 2 is 1.62 bits per heavy atom. The molecule has 124 valence electrons. The summed E-state index contributed by atoms with van der Waals surface area (Å²) in [5.41, 5.74) is 0.845. The molecule has 0 saturated heterocycles. The molecule has 0 radical (unpaired) electrons. The van der Waals surface area contributed by atoms with Crippen LogP contribution in [0, 0.1) is 0 Å². The summed E-state index contributed by atoms with van der Waals surface area (Å²) in [5.74, 6) is -0.486. The van der Waals surface area contributed by atoms with Crippen LogP contribution in [-0.2, 0) is 14.6 Å². The lowest BCUT2D eigenvalue weighted by Crippen LogP contribution is -2.44. The average molecular weight is 342 g/mol. The minimum absolute atomic E-state index is 0.150. The Hall–Kier alpha value is -2.60. The molecule has 1 amide bonds. The number of sulfone groups is 1. The van der Waals surface area contributed by atoms with Gasteiger partial charge in [-0.3, -0.25) is 14.5 Å². The van der Waals surface area contributed by atoms with E-state index in [9.17, 15) is 13.2 Å². The van der Waals surface area contributed by atoms with Crippen LogP contribution in [0.2, 0.25) is 0 Å². The number of carbonyl (C=O) groups is 1. The van der Waals surface area contributed by atoms with Crippen LogP contribution in [0.3, 0.4) is 0 Å². The SMILES string of the molecule is CC(C(=O)N(C)n1ccc2ccccc21)S(=O)(=O)c1ccccc1. The minimum Gasteiger partial charge on any atom is -0.272 e. The molecule has 24 heavy (non-hydrogen) atoms. The summed E-state index contributed by atoms with van der Waals surface area (Å²) >= 11 is 0. The highest BCUT2D eigenvalue weighted by molar-refractivity contribution is 7.92. The number of aromatic nitrogens is 1. The van der Waals surface area contributed by atoms with Crippen LogP contribution >= 0.6 is 0 Å². The quantitative estimate of drug-likeness (QED) is 0.732. The van der Waals surface area contributed by atoms with E-state index in [0.29, 0.717) is 0 Å². The first-order valence-corrected chi connectivity index (χ1v) is 9.10. The molecule has 1 atom stereocenters. The minimum atomic E-state index is -3.73. The molecule has 0 aliphatic carbocycles. The van der Waals surface area contributed by atoms with Crippen LogP contribution in [0.15, 0.2) is 71.8 Å². The van der Waals surface area contributed by atoms with Crippen molar-refractivity contribution >= 4 is 26.6 Å². The Labute approximate surface area is 141 Å². The van der Waals surface area contributed by atoms with Crippen LogP contribution in [0.25, 0.3) is 10.9 Å². The van der Waals surface area contributed by atoms with Gasteiger partial charge in [0.05, 0.1) is 10.4 Å². The molecule has 0 bridgehead atoms. The van der Waals surface area contributed by atoms with E-state index in [2.05, 4.69) is 0 Å². The molecule has 2 aromatic carbocycles. The largest absolute Gasteiger partial charge is 0.272 e. The number of amides is 1. The lowest BCUT2D eigenvalue weighted by Gasteiger charge is -2.23. The molecule has 0 saturated carbocycles. The topological polar surface area (TPSA) is 59.4 Å². The van der Waals surface area contributed by atoms with Crippen molar-refractivity contribution in [2.45, 2.75) is 17.1 Å². The van der Waals surface area contributed by atoms with Gasteiger partial charge in [0.15, 0.2) is 9.84 Å². The van der Waals surface area contributed by atoms with Gasteiger partial charge in [0, 0.05) is 18.6 Å². The monoisotopic (exact) mass is 342 g/mol. The van der Waals surface area contributed by atoms with Gasteiger partial charge in [0.25, 0.3) is 5.91 Å². The van der Waals surface area contributed by atoms with Crippen molar-refractivity contribution in [3.63, 3.8) is 0 Å². The first-order valence-electron chi connectivity index (χ1n) is 7.56. The third-order valence-electron chi connectivity index (χ3n) is 4.11. The first kappa shape index (κ1) is 16.3. The number of carbonyl (C=O) groups excluding carboxylic acids is 1. The number of hydrogen-bond donors (Lipinski definition) is 0. The second-order valence-corrected chi connectivity index (χ2v) is 7.85. The average Bonchev–Trinajstić information content (AvgIpc) is 3.04. The summed E-state index contributed by atoms with van der Waals surface area (Å²) in [6.45, 7) is 1.42. The Morgan fingerprint density at radius 3 is 2.33 bits per heavy atom. The smallest absolute Gasteiger partial charge is 0.259 e. The van der Waals surface area contributed by atoms with Crippen molar-refractivity contribution in [3.8, 4) is 0 Å². The predicted octanol–water partition coefficient (Wildman–Crippen LogP) is 2.60. The fourth-order valence-corrected chi connectivity index (χ4v) is 4.01. The molecule has 0 spiro atoms. The van der Waals surface area contributed by atoms with E-state index in [1.54, 1.807) is 36.1 Å². The van der Waals surface area contributed by atoms with Crippen LogP contribution in [0.5, 0.6) is 0 Å². The van der Waals surface area contributed by atoms with Gasteiger partial charge in [-0.2, -0.15) is 0 Å². The van der Waals surface area contributed by atoms with Gasteiger partial charge >= 0.3 is 0 Å². The predicted molar refractivity (Wildman–Crippen MR) is 94.2 cm³/mol. The molecule has 1 heterocycles. The van der Waals surface area contributed by atoms with E-state index in [1.165, 1.54) is 24.1 Å². The van der Waals surface area contributed by atoms with Gasteiger partial charge < -0.3 is 0 Å². The second kappa shape index (κ2) is 6.13. The fraction of sp³-hybridized carbons (Fsp3) is 0.167. The van der Waals surface area contributed by atoms with Gasteiger partial charge in [-0.1, -0.05) is 36.4 Å². The Kier molecular flexibility index (Phi) is 4.15. The van der Waals surface area contributed by atoms with E-state index >= 15 is 0 Å². The summed E-state index contributed by atoms with van der Waals surface area (Å²) in [7, 11) is -2.16. The van der Waals surface area contributed by atoms with Gasteiger partial charge in [-0.25, -0.2) is 8.42 Å². The third kappa shape index (κ3) is 2.69. The van der Waals surface area contributed by atoms with E-state index < -0.39 is 21.0 Å². The number of nitrogens with zero attached hydrogens (tertiary/aromatic N) is 2. The highest BCUT2D eigenvalue weighted by atomic mass is 32.2. The molecule has 1 unspecified atom stereocenters. The highest BCUT2D eigenvalue weighted by Gasteiger charge is 2.32. The lowest BCUT2D eigenvalue weighted by atomic mass is 10.3. The van der Waals surface area contributed by atoms with Gasteiger partial charge in [-0.05, 0) is 31.2 Å². The Bertz CT molecular complexity index is 978. The van der Waals surface area contributed by atoms with Crippen molar-refractivity contribution in [3.05, 3.63) is 66.9 Å². The van der Waals surface area contributed by atoms with E-state index in [-0.39, 0.29) is 4.90 Å². The van der Waals surface area contributed by atoms with Crippen molar-refractivity contribution in [2.75, 3.05) is 12.1 Å². The van der Waals surface area contributed by atoms with Crippen molar-refractivity contribution < 1.29 is 13.2 Å². The maximum absolute atomic E-state index is 12.7. The zero-order valence-electron chi connectivity index (χ0n) is 13.5. The van der Waals surface area contributed by atoms with E-state index in [0.717, 1.165) is 10.9 Å². The molecule has 1 aromatic heterocycles. The van der Waals surface area contributed by atoms with Crippen LogP contribution in [-0.4, -0.2) is 31.3 Å². The van der Waals surface area contributed by atoms with Crippen molar-refractivity contribution in [1.29, 1.82) is 0 Å². The molecule has 0 aliphatic heterocycles. The fourth-order valence-electron chi connectivity index (χ4n) is 2.65. The summed E-state index contributed by atoms with van der Waals surface area (Å²) in [6.07, 6.45) is 1.75. The van der Waals surface area contributed by atoms with Crippen LogP contribution in [0.1, 0.15) is 6.92 Å². The van der Waals surface area contributed by atoms with Gasteiger partial charge in [0.1, 0.15) is 5.25 Å². The summed E-state index contributed by atoms with van der Waals surface area (Å²) < 4.78 is 27.0. The number of fused-ring (bicyclic) bond motifs is 1. The Balaban J connectivity index is 1.93. The van der Waals surface area contributed by atoms with Crippen LogP contribution < -0.4 is 5.01 Å². The van der Waals surface area contributed by atoms with Gasteiger partial charge in [0.2, 0.25) is 0 Å². The normalized spacial score (nSPS) is 12.9. The first-order chi connectivity index (χ1) is 11.4. The molecule has 0 N–H and O–H groups in total. The summed E-state index contributed by atoms with van der Waals surface area (Å²) in [6, 6.07) is 17.5. The van der Waals surface area contributed by atoms with Crippen LogP contribution in [0.4, 0.5) is 0 Å². The zero-order chi connectivity index (χ0) is 17.3. The number of hydrogen-bond acceptors (Lipinski definition) is 3. The molecule has 6 heteroatoms. The number of para-hydroxylation sites is 1.